The fraction of sp³-hybridized carbons (Fsp3) is 0.294. The molecule has 1 amide bonds. The first kappa shape index (κ1) is 15.9. The van der Waals surface area contributed by atoms with Gasteiger partial charge >= 0.3 is 5.76 Å². The molecule has 2 heterocycles. The van der Waals surface area contributed by atoms with E-state index in [-0.39, 0.29) is 23.9 Å². The average Bonchev–Trinajstić information content (AvgIpc) is 2.85. The third-order valence-corrected chi connectivity index (χ3v) is 3.29. The first-order valence-corrected chi connectivity index (χ1v) is 7.56. The Morgan fingerprint density at radius 1 is 1.25 bits per heavy atom. The van der Waals surface area contributed by atoms with Crippen molar-refractivity contribution < 1.29 is 9.21 Å². The predicted molar refractivity (Wildman–Crippen MR) is 89.4 cm³/mol. The highest BCUT2D eigenvalue weighted by Crippen LogP contribution is 2.23. The van der Waals surface area contributed by atoms with Gasteiger partial charge < -0.3 is 9.73 Å². The zero-order valence-electron chi connectivity index (χ0n) is 13.7. The number of benzene rings is 1. The van der Waals surface area contributed by atoms with Gasteiger partial charge in [0.05, 0.1) is 0 Å². The van der Waals surface area contributed by atoms with Gasteiger partial charge in [-0.05, 0) is 32.2 Å². The van der Waals surface area contributed by atoms with Crippen LogP contribution in [0.1, 0.15) is 20.8 Å². The van der Waals surface area contributed by atoms with Crippen LogP contribution in [-0.2, 0) is 11.3 Å². The summed E-state index contributed by atoms with van der Waals surface area (Å²) in [4.78, 5) is 28.2. The van der Waals surface area contributed by atoms with E-state index in [2.05, 4.69) is 15.4 Å². The fourth-order valence-electron chi connectivity index (χ4n) is 2.39. The Hall–Kier alpha value is -2.96. The van der Waals surface area contributed by atoms with Crippen LogP contribution in [0.15, 0.2) is 45.7 Å². The molecule has 2 aromatic heterocycles. The van der Waals surface area contributed by atoms with Gasteiger partial charge in [0.25, 0.3) is 5.89 Å². The van der Waals surface area contributed by atoms with Gasteiger partial charge in [-0.2, -0.15) is 4.68 Å². The summed E-state index contributed by atoms with van der Waals surface area (Å²) in [6.07, 6.45) is 1.63. The minimum atomic E-state index is -0.691. The van der Waals surface area contributed by atoms with Gasteiger partial charge in [0.15, 0.2) is 0 Å². The number of carbonyl (C=O) groups excluding carboxylic acids is 1. The van der Waals surface area contributed by atoms with Crippen LogP contribution in [0.5, 0.6) is 0 Å². The number of rotatable bonds is 3. The zero-order valence-corrected chi connectivity index (χ0v) is 13.7. The maximum atomic E-state index is 12.0. The van der Waals surface area contributed by atoms with Crippen molar-refractivity contribution in [2.24, 2.45) is 0 Å². The third kappa shape index (κ3) is 3.34. The van der Waals surface area contributed by atoms with Gasteiger partial charge in [-0.3, -0.25) is 9.78 Å². The van der Waals surface area contributed by atoms with E-state index in [1.165, 1.54) is 0 Å². The van der Waals surface area contributed by atoms with E-state index < -0.39 is 5.76 Å². The molecule has 0 atom stereocenters. The van der Waals surface area contributed by atoms with E-state index in [4.69, 9.17) is 4.42 Å². The van der Waals surface area contributed by atoms with E-state index in [0.717, 1.165) is 15.5 Å². The summed E-state index contributed by atoms with van der Waals surface area (Å²) >= 11 is 0. The van der Waals surface area contributed by atoms with Gasteiger partial charge in [0.1, 0.15) is 12.2 Å². The molecule has 0 saturated carbocycles. The minimum absolute atomic E-state index is 0.0976. The molecule has 0 radical (unpaired) electrons. The van der Waals surface area contributed by atoms with Crippen LogP contribution in [0.4, 0.5) is 0 Å². The molecule has 124 valence electrons. The third-order valence-electron chi connectivity index (χ3n) is 3.29. The molecule has 0 aliphatic carbocycles. The monoisotopic (exact) mass is 326 g/mol. The van der Waals surface area contributed by atoms with Gasteiger partial charge in [0, 0.05) is 17.1 Å². The minimum Gasteiger partial charge on any atom is -0.386 e. The van der Waals surface area contributed by atoms with E-state index in [9.17, 15) is 9.59 Å². The van der Waals surface area contributed by atoms with Gasteiger partial charge in [-0.25, -0.2) is 4.79 Å². The standard InChI is InChI=1S/C17H18N4O3/c1-17(2,3)19-13(22)10-21-16(23)24-15(20-21)14-12-7-5-4-6-11(12)8-9-18-14/h4-9H,10H2,1-3H3,(H,19,22). The molecule has 0 aliphatic rings. The lowest BCUT2D eigenvalue weighted by atomic mass is 10.1. The summed E-state index contributed by atoms with van der Waals surface area (Å²) in [6, 6.07) is 9.47. The molecular weight excluding hydrogens is 308 g/mol. The van der Waals surface area contributed by atoms with E-state index in [0.29, 0.717) is 5.69 Å². The Kier molecular flexibility index (Phi) is 3.92. The summed E-state index contributed by atoms with van der Waals surface area (Å²) in [5, 5.41) is 8.68. The van der Waals surface area contributed by atoms with Crippen molar-refractivity contribution in [1.82, 2.24) is 20.1 Å². The Morgan fingerprint density at radius 3 is 2.75 bits per heavy atom. The van der Waals surface area contributed by atoms with Crippen molar-refractivity contribution >= 4 is 16.7 Å². The highest BCUT2D eigenvalue weighted by atomic mass is 16.4. The average molecular weight is 326 g/mol. The van der Waals surface area contributed by atoms with E-state index >= 15 is 0 Å². The van der Waals surface area contributed by atoms with Crippen LogP contribution in [0, 0.1) is 0 Å². The maximum absolute atomic E-state index is 12.0. The molecule has 3 rings (SSSR count). The number of hydrogen-bond acceptors (Lipinski definition) is 5. The second-order valence-electron chi connectivity index (χ2n) is 6.51. The SMILES string of the molecule is CC(C)(C)NC(=O)Cn1nc(-c2nccc3ccccc23)oc1=O. The maximum Gasteiger partial charge on any atom is 0.437 e. The highest BCUT2D eigenvalue weighted by molar-refractivity contribution is 5.92. The smallest absolute Gasteiger partial charge is 0.386 e. The van der Waals surface area contributed by atoms with Crippen LogP contribution < -0.4 is 11.1 Å². The Morgan fingerprint density at radius 2 is 2.00 bits per heavy atom. The Labute approximate surface area is 138 Å². The number of nitrogens with zero attached hydrogens (tertiary/aromatic N) is 3. The Balaban J connectivity index is 1.94. The molecule has 1 aromatic carbocycles. The predicted octanol–water partition coefficient (Wildman–Crippen LogP) is 1.97. The van der Waals surface area contributed by atoms with Crippen LogP contribution in [0.25, 0.3) is 22.4 Å². The summed E-state index contributed by atoms with van der Waals surface area (Å²) in [7, 11) is 0. The first-order valence-electron chi connectivity index (χ1n) is 7.56. The summed E-state index contributed by atoms with van der Waals surface area (Å²) < 4.78 is 6.19. The summed E-state index contributed by atoms with van der Waals surface area (Å²) in [5.74, 6) is -0.903. The quantitative estimate of drug-likeness (QED) is 0.794. The van der Waals surface area contributed by atoms with Crippen molar-refractivity contribution in [2.45, 2.75) is 32.9 Å². The van der Waals surface area contributed by atoms with Crippen LogP contribution in [0.2, 0.25) is 0 Å². The number of aromatic nitrogens is 3. The lowest BCUT2D eigenvalue weighted by molar-refractivity contribution is -0.123. The molecule has 24 heavy (non-hydrogen) atoms. The topological polar surface area (TPSA) is 90.0 Å². The molecule has 1 N–H and O–H groups in total. The first-order chi connectivity index (χ1) is 11.3. The lowest BCUT2D eigenvalue weighted by Gasteiger charge is -2.19. The van der Waals surface area contributed by atoms with E-state index in [1.807, 2.05) is 51.1 Å². The lowest BCUT2D eigenvalue weighted by Crippen LogP contribution is -2.43. The number of pyridine rings is 1. The van der Waals surface area contributed by atoms with Gasteiger partial charge in [-0.1, -0.05) is 24.3 Å². The number of hydrogen-bond donors (Lipinski definition) is 1. The number of carbonyl (C=O) groups is 1. The van der Waals surface area contributed by atoms with Crippen molar-refractivity contribution in [3.63, 3.8) is 0 Å². The summed E-state index contributed by atoms with van der Waals surface area (Å²) in [5.41, 5.74) is 0.0879. The second kappa shape index (κ2) is 5.92. The summed E-state index contributed by atoms with van der Waals surface area (Å²) in [6.45, 7) is 5.39. The molecular formula is C17H18N4O3. The molecule has 7 heteroatoms. The molecule has 0 saturated heterocycles. The molecule has 0 bridgehead atoms. The molecule has 0 aliphatic heterocycles. The van der Waals surface area contributed by atoms with Crippen LogP contribution in [-0.4, -0.2) is 26.2 Å². The molecule has 0 unspecified atom stereocenters. The van der Waals surface area contributed by atoms with Crippen LogP contribution >= 0.6 is 0 Å². The van der Waals surface area contributed by atoms with Gasteiger partial charge in [-0.15, -0.1) is 5.10 Å². The van der Waals surface area contributed by atoms with Crippen molar-refractivity contribution in [3.8, 4) is 11.6 Å². The molecule has 7 nitrogen and oxygen atoms in total. The normalized spacial score (nSPS) is 11.6. The van der Waals surface area contributed by atoms with Crippen LogP contribution in [0.3, 0.4) is 0 Å². The highest BCUT2D eigenvalue weighted by Gasteiger charge is 2.18. The molecule has 0 spiro atoms. The van der Waals surface area contributed by atoms with Gasteiger partial charge in [0.2, 0.25) is 5.91 Å². The zero-order chi connectivity index (χ0) is 17.3. The van der Waals surface area contributed by atoms with Crippen molar-refractivity contribution in [3.05, 3.63) is 47.1 Å². The number of amides is 1. The molecule has 3 aromatic rings. The number of fused-ring (bicyclic) bond motifs is 1. The Bertz CT molecular complexity index is 945. The fourth-order valence-corrected chi connectivity index (χ4v) is 2.39. The van der Waals surface area contributed by atoms with Crippen molar-refractivity contribution in [1.29, 1.82) is 0 Å². The number of nitrogens with one attached hydrogen (secondary N) is 1. The van der Waals surface area contributed by atoms with E-state index in [1.54, 1.807) is 6.20 Å². The van der Waals surface area contributed by atoms with Crippen molar-refractivity contribution in [2.75, 3.05) is 0 Å². The largest absolute Gasteiger partial charge is 0.437 e. The molecule has 0 fully saturated rings. The second-order valence-corrected chi connectivity index (χ2v) is 6.51.